The summed E-state index contributed by atoms with van der Waals surface area (Å²) in [6.07, 6.45) is 2.03. The van der Waals surface area contributed by atoms with Crippen LogP contribution in [0.4, 0.5) is 0 Å². The Labute approximate surface area is 76.0 Å². The highest BCUT2D eigenvalue weighted by atomic mass is 16.3. The van der Waals surface area contributed by atoms with Crippen LogP contribution in [-0.2, 0) is 0 Å². The van der Waals surface area contributed by atoms with Crippen molar-refractivity contribution in [3.63, 3.8) is 0 Å². The first-order chi connectivity index (χ1) is 5.54. The topological polar surface area (TPSA) is 43.7 Å². The highest BCUT2D eigenvalue weighted by Gasteiger charge is 1.96. The number of aliphatic hydroxyl groups is 2. The van der Waals surface area contributed by atoms with E-state index in [2.05, 4.69) is 0 Å². The van der Waals surface area contributed by atoms with Crippen LogP contribution in [0.5, 0.6) is 0 Å². The van der Waals surface area contributed by atoms with E-state index < -0.39 is 0 Å². The predicted molar refractivity (Wildman–Crippen MR) is 52.2 cm³/mol. The first kappa shape index (κ1) is 14.4. The SMILES string of the molecule is CCC(O)CCCO.CN(C)C. The van der Waals surface area contributed by atoms with Gasteiger partial charge in [0, 0.05) is 6.61 Å². The van der Waals surface area contributed by atoms with Gasteiger partial charge in [-0.1, -0.05) is 6.92 Å². The zero-order chi connectivity index (χ0) is 9.98. The van der Waals surface area contributed by atoms with Crippen LogP contribution in [0.1, 0.15) is 26.2 Å². The molecule has 0 bridgehead atoms. The van der Waals surface area contributed by atoms with Crippen molar-refractivity contribution in [2.75, 3.05) is 27.7 Å². The van der Waals surface area contributed by atoms with Crippen LogP contribution in [0, 0.1) is 0 Å². The van der Waals surface area contributed by atoms with Crippen LogP contribution in [0.2, 0.25) is 0 Å². The molecule has 0 aliphatic heterocycles. The molecule has 0 aliphatic rings. The Kier molecular flexibility index (Phi) is 13.1. The van der Waals surface area contributed by atoms with Gasteiger partial charge in [-0.3, -0.25) is 0 Å². The average Bonchev–Trinajstić information content (AvgIpc) is 1.99. The van der Waals surface area contributed by atoms with Gasteiger partial charge in [-0.05, 0) is 40.4 Å². The van der Waals surface area contributed by atoms with Crippen LogP contribution in [0.3, 0.4) is 0 Å². The first-order valence-electron chi connectivity index (χ1n) is 4.44. The van der Waals surface area contributed by atoms with Gasteiger partial charge >= 0.3 is 0 Å². The van der Waals surface area contributed by atoms with Gasteiger partial charge < -0.3 is 15.1 Å². The Morgan fingerprint density at radius 1 is 1.25 bits per heavy atom. The summed E-state index contributed by atoms with van der Waals surface area (Å²) < 4.78 is 0. The maximum Gasteiger partial charge on any atom is 0.0538 e. The highest BCUT2D eigenvalue weighted by Crippen LogP contribution is 1.98. The predicted octanol–water partition coefficient (Wildman–Crippen LogP) is 0.708. The van der Waals surface area contributed by atoms with Crippen LogP contribution >= 0.6 is 0 Å². The molecule has 0 aromatic rings. The Balaban J connectivity index is 0. The van der Waals surface area contributed by atoms with Gasteiger partial charge in [-0.15, -0.1) is 0 Å². The average molecular weight is 177 g/mol. The summed E-state index contributed by atoms with van der Waals surface area (Å²) in [5, 5.41) is 17.2. The van der Waals surface area contributed by atoms with Crippen molar-refractivity contribution in [1.29, 1.82) is 0 Å². The van der Waals surface area contributed by atoms with E-state index in [9.17, 15) is 0 Å². The minimum atomic E-state index is -0.206. The molecule has 0 aromatic carbocycles. The summed E-state index contributed by atoms with van der Waals surface area (Å²) in [6.45, 7) is 2.12. The van der Waals surface area contributed by atoms with Gasteiger partial charge in [0.15, 0.2) is 0 Å². The summed E-state index contributed by atoms with van der Waals surface area (Å²) >= 11 is 0. The molecule has 0 saturated carbocycles. The minimum Gasteiger partial charge on any atom is -0.396 e. The molecule has 76 valence electrons. The van der Waals surface area contributed by atoms with E-state index in [1.165, 1.54) is 0 Å². The molecule has 0 rings (SSSR count). The smallest absolute Gasteiger partial charge is 0.0538 e. The van der Waals surface area contributed by atoms with Crippen LogP contribution in [-0.4, -0.2) is 49.0 Å². The molecule has 0 fully saturated rings. The lowest BCUT2D eigenvalue weighted by atomic mass is 10.2. The molecule has 3 nitrogen and oxygen atoms in total. The van der Waals surface area contributed by atoms with E-state index in [-0.39, 0.29) is 12.7 Å². The van der Waals surface area contributed by atoms with Crippen molar-refractivity contribution >= 4 is 0 Å². The van der Waals surface area contributed by atoms with E-state index in [1.807, 2.05) is 33.0 Å². The molecule has 1 atom stereocenters. The Hall–Kier alpha value is -0.120. The second-order valence-electron chi connectivity index (χ2n) is 3.27. The molecule has 0 aromatic heterocycles. The lowest BCUT2D eigenvalue weighted by Gasteiger charge is -2.03. The van der Waals surface area contributed by atoms with Gasteiger partial charge in [0.2, 0.25) is 0 Å². The van der Waals surface area contributed by atoms with Crippen molar-refractivity contribution in [2.45, 2.75) is 32.3 Å². The standard InChI is InChI=1S/C6H14O2.C3H9N/c1-2-6(8)4-3-5-7;1-4(2)3/h6-8H,2-5H2,1H3;1-3H3. The molecule has 0 heterocycles. The normalized spacial score (nSPS) is 12.2. The maximum atomic E-state index is 8.88. The molecule has 0 saturated heterocycles. The van der Waals surface area contributed by atoms with Gasteiger partial charge in [0.25, 0.3) is 0 Å². The molecule has 0 spiro atoms. The van der Waals surface area contributed by atoms with Gasteiger partial charge in [0.1, 0.15) is 0 Å². The molecule has 0 amide bonds. The van der Waals surface area contributed by atoms with Crippen LogP contribution < -0.4 is 0 Å². The van der Waals surface area contributed by atoms with Gasteiger partial charge in [-0.2, -0.15) is 0 Å². The fraction of sp³-hybridized carbons (Fsp3) is 1.00. The van der Waals surface area contributed by atoms with E-state index in [0.717, 1.165) is 19.3 Å². The second-order valence-corrected chi connectivity index (χ2v) is 3.27. The molecular formula is C9H23NO2. The fourth-order valence-corrected chi connectivity index (χ4v) is 0.531. The van der Waals surface area contributed by atoms with Gasteiger partial charge in [-0.25, -0.2) is 0 Å². The van der Waals surface area contributed by atoms with E-state index in [1.54, 1.807) is 0 Å². The quantitative estimate of drug-likeness (QED) is 0.664. The van der Waals surface area contributed by atoms with Crippen molar-refractivity contribution in [3.05, 3.63) is 0 Å². The van der Waals surface area contributed by atoms with Crippen molar-refractivity contribution in [2.24, 2.45) is 0 Å². The molecular weight excluding hydrogens is 154 g/mol. The third-order valence-corrected chi connectivity index (χ3v) is 1.17. The largest absolute Gasteiger partial charge is 0.396 e. The summed E-state index contributed by atoms with van der Waals surface area (Å²) in [6, 6.07) is 0. The Morgan fingerprint density at radius 3 is 1.92 bits per heavy atom. The highest BCUT2D eigenvalue weighted by molar-refractivity contribution is 4.50. The zero-order valence-corrected chi connectivity index (χ0v) is 8.75. The first-order valence-corrected chi connectivity index (χ1v) is 4.44. The van der Waals surface area contributed by atoms with Crippen molar-refractivity contribution < 1.29 is 10.2 Å². The maximum absolute atomic E-state index is 8.88. The van der Waals surface area contributed by atoms with E-state index >= 15 is 0 Å². The lowest BCUT2D eigenvalue weighted by molar-refractivity contribution is 0.146. The second kappa shape index (κ2) is 10.9. The third-order valence-electron chi connectivity index (χ3n) is 1.17. The minimum absolute atomic E-state index is 0.192. The number of nitrogens with zero attached hydrogens (tertiary/aromatic N) is 1. The third kappa shape index (κ3) is 22.5. The summed E-state index contributed by atoms with van der Waals surface area (Å²) in [5.74, 6) is 0. The lowest BCUT2D eigenvalue weighted by Crippen LogP contribution is -2.04. The molecule has 0 aliphatic carbocycles. The van der Waals surface area contributed by atoms with E-state index in [0.29, 0.717) is 0 Å². The summed E-state index contributed by atoms with van der Waals surface area (Å²) in [4.78, 5) is 2.00. The molecule has 3 heteroatoms. The van der Waals surface area contributed by atoms with Crippen molar-refractivity contribution in [3.8, 4) is 0 Å². The molecule has 2 N–H and O–H groups in total. The number of hydrogen-bond acceptors (Lipinski definition) is 3. The Morgan fingerprint density at radius 2 is 1.67 bits per heavy atom. The number of aliphatic hydroxyl groups excluding tert-OH is 2. The fourth-order valence-electron chi connectivity index (χ4n) is 0.531. The van der Waals surface area contributed by atoms with E-state index in [4.69, 9.17) is 10.2 Å². The van der Waals surface area contributed by atoms with Crippen molar-refractivity contribution in [1.82, 2.24) is 4.90 Å². The number of rotatable bonds is 4. The zero-order valence-electron chi connectivity index (χ0n) is 8.75. The van der Waals surface area contributed by atoms with Crippen LogP contribution in [0.25, 0.3) is 0 Å². The van der Waals surface area contributed by atoms with Crippen LogP contribution in [0.15, 0.2) is 0 Å². The van der Waals surface area contributed by atoms with Gasteiger partial charge in [0.05, 0.1) is 6.10 Å². The molecule has 0 radical (unpaired) electrons. The number of hydrogen-bond donors (Lipinski definition) is 2. The summed E-state index contributed by atoms with van der Waals surface area (Å²) in [5.41, 5.74) is 0. The monoisotopic (exact) mass is 177 g/mol. The molecule has 12 heavy (non-hydrogen) atoms. The summed E-state index contributed by atoms with van der Waals surface area (Å²) in [7, 11) is 6.00. The molecule has 1 unspecified atom stereocenters. The Bertz CT molecular complexity index is 74.2.